The first-order valence-electron chi connectivity index (χ1n) is 7.34. The molecule has 2 fully saturated rings. The van der Waals surface area contributed by atoms with Crippen LogP contribution in [0.2, 0.25) is 5.15 Å². The summed E-state index contributed by atoms with van der Waals surface area (Å²) in [4.78, 5) is 6.91. The van der Waals surface area contributed by atoms with Crippen LogP contribution in [-0.2, 0) is 13.6 Å². The maximum atomic E-state index is 6.04. The van der Waals surface area contributed by atoms with Crippen LogP contribution in [0.3, 0.4) is 0 Å². The van der Waals surface area contributed by atoms with Gasteiger partial charge in [-0.1, -0.05) is 11.6 Å². The van der Waals surface area contributed by atoms with Crippen molar-refractivity contribution in [2.24, 2.45) is 13.0 Å². The standard InChI is InChI=1S/C14H23ClN4/c1-18-13(15)8-17-14(18)10-19-6-2-3-11(9-19)7-16-12-4-5-12/h8,11-12,16H,2-7,9-10H2,1H3. The Morgan fingerprint density at radius 3 is 2.95 bits per heavy atom. The number of halogens is 1. The van der Waals surface area contributed by atoms with Crippen LogP contribution in [0.25, 0.3) is 0 Å². The first-order chi connectivity index (χ1) is 9.22. The molecule has 0 aromatic carbocycles. The molecule has 5 heteroatoms. The third kappa shape index (κ3) is 3.50. The molecule has 1 saturated carbocycles. The van der Waals surface area contributed by atoms with Crippen LogP contribution in [0.4, 0.5) is 0 Å². The highest BCUT2D eigenvalue weighted by molar-refractivity contribution is 6.29. The molecule has 2 heterocycles. The van der Waals surface area contributed by atoms with Crippen molar-refractivity contribution in [3.05, 3.63) is 17.2 Å². The molecule has 1 aliphatic carbocycles. The Balaban J connectivity index is 1.51. The van der Waals surface area contributed by atoms with Crippen molar-refractivity contribution in [3.63, 3.8) is 0 Å². The zero-order valence-corrected chi connectivity index (χ0v) is 12.4. The molecule has 19 heavy (non-hydrogen) atoms. The summed E-state index contributed by atoms with van der Waals surface area (Å²) in [6.07, 6.45) is 7.16. The van der Waals surface area contributed by atoms with Gasteiger partial charge in [-0.05, 0) is 44.7 Å². The molecule has 3 rings (SSSR count). The summed E-state index contributed by atoms with van der Waals surface area (Å²) in [7, 11) is 1.99. The number of piperidine rings is 1. The van der Waals surface area contributed by atoms with Gasteiger partial charge < -0.3 is 9.88 Å². The molecule has 106 valence electrons. The van der Waals surface area contributed by atoms with E-state index in [9.17, 15) is 0 Å². The van der Waals surface area contributed by atoms with Crippen molar-refractivity contribution in [1.29, 1.82) is 0 Å². The number of hydrogen-bond acceptors (Lipinski definition) is 3. The fourth-order valence-electron chi connectivity index (χ4n) is 2.85. The van der Waals surface area contributed by atoms with E-state index < -0.39 is 0 Å². The molecular formula is C14H23ClN4. The Morgan fingerprint density at radius 2 is 2.26 bits per heavy atom. The lowest BCUT2D eigenvalue weighted by atomic mass is 9.98. The molecule has 1 aliphatic heterocycles. The molecule has 1 atom stereocenters. The maximum Gasteiger partial charge on any atom is 0.128 e. The summed E-state index contributed by atoms with van der Waals surface area (Å²) >= 11 is 6.04. The van der Waals surface area contributed by atoms with E-state index in [1.807, 2.05) is 11.6 Å². The van der Waals surface area contributed by atoms with Crippen molar-refractivity contribution in [2.75, 3.05) is 19.6 Å². The number of hydrogen-bond donors (Lipinski definition) is 1. The van der Waals surface area contributed by atoms with Crippen molar-refractivity contribution in [2.45, 2.75) is 38.3 Å². The topological polar surface area (TPSA) is 33.1 Å². The van der Waals surface area contributed by atoms with Crippen LogP contribution >= 0.6 is 11.6 Å². The average Bonchev–Trinajstić information content (AvgIpc) is 3.20. The maximum absolute atomic E-state index is 6.04. The Bertz CT molecular complexity index is 427. The lowest BCUT2D eigenvalue weighted by Crippen LogP contribution is -2.40. The Hall–Kier alpha value is -0.580. The molecule has 0 bridgehead atoms. The zero-order valence-electron chi connectivity index (χ0n) is 11.6. The van der Waals surface area contributed by atoms with E-state index in [1.165, 1.54) is 45.3 Å². The number of aromatic nitrogens is 2. The number of rotatable bonds is 5. The normalized spacial score (nSPS) is 24.8. The van der Waals surface area contributed by atoms with E-state index in [4.69, 9.17) is 11.6 Å². The molecule has 0 amide bonds. The Labute approximate surface area is 120 Å². The molecule has 1 aromatic heterocycles. The minimum atomic E-state index is 0.721. The zero-order chi connectivity index (χ0) is 13.2. The molecule has 2 aliphatic rings. The van der Waals surface area contributed by atoms with Gasteiger partial charge in [-0.2, -0.15) is 0 Å². The van der Waals surface area contributed by atoms with Gasteiger partial charge in [-0.25, -0.2) is 4.98 Å². The third-order valence-electron chi connectivity index (χ3n) is 4.27. The Kier molecular flexibility index (Phi) is 4.10. The van der Waals surface area contributed by atoms with Crippen LogP contribution < -0.4 is 5.32 Å². The van der Waals surface area contributed by atoms with E-state index in [1.54, 1.807) is 6.20 Å². The van der Waals surface area contributed by atoms with Crippen molar-refractivity contribution in [3.8, 4) is 0 Å². The molecule has 1 N–H and O–H groups in total. The second-order valence-corrected chi connectivity index (χ2v) is 6.37. The summed E-state index contributed by atoms with van der Waals surface area (Å²) in [5.74, 6) is 1.87. The lowest BCUT2D eigenvalue weighted by molar-refractivity contribution is 0.160. The summed E-state index contributed by atoms with van der Waals surface area (Å²) in [5, 5.41) is 4.38. The molecular weight excluding hydrogens is 260 g/mol. The smallest absolute Gasteiger partial charge is 0.128 e. The van der Waals surface area contributed by atoms with Gasteiger partial charge in [-0.3, -0.25) is 4.90 Å². The van der Waals surface area contributed by atoms with Crippen molar-refractivity contribution < 1.29 is 0 Å². The van der Waals surface area contributed by atoms with Crippen LogP contribution in [-0.4, -0.2) is 40.1 Å². The number of likely N-dealkylation sites (tertiary alicyclic amines) is 1. The number of nitrogens with one attached hydrogen (secondary N) is 1. The SMILES string of the molecule is Cn1c(Cl)cnc1CN1CCCC(CNC2CC2)C1. The predicted molar refractivity (Wildman–Crippen MR) is 77.2 cm³/mol. The van der Waals surface area contributed by atoms with Gasteiger partial charge in [0.1, 0.15) is 11.0 Å². The van der Waals surface area contributed by atoms with Crippen LogP contribution in [0.15, 0.2) is 6.20 Å². The molecule has 1 unspecified atom stereocenters. The van der Waals surface area contributed by atoms with Gasteiger partial charge in [0.25, 0.3) is 0 Å². The second kappa shape index (κ2) is 5.81. The van der Waals surface area contributed by atoms with E-state index in [0.717, 1.165) is 29.5 Å². The quantitative estimate of drug-likeness (QED) is 0.897. The first kappa shape index (κ1) is 13.4. The minimum absolute atomic E-state index is 0.721. The van der Waals surface area contributed by atoms with Crippen molar-refractivity contribution in [1.82, 2.24) is 19.8 Å². The monoisotopic (exact) mass is 282 g/mol. The number of nitrogens with zero attached hydrogens (tertiary/aromatic N) is 3. The van der Waals surface area contributed by atoms with Gasteiger partial charge in [0.15, 0.2) is 0 Å². The minimum Gasteiger partial charge on any atom is -0.321 e. The summed E-state index contributed by atoms with van der Waals surface area (Å²) in [6, 6.07) is 0.823. The molecule has 4 nitrogen and oxygen atoms in total. The summed E-state index contributed by atoms with van der Waals surface area (Å²) < 4.78 is 1.98. The van der Waals surface area contributed by atoms with Crippen LogP contribution in [0, 0.1) is 5.92 Å². The van der Waals surface area contributed by atoms with Crippen LogP contribution in [0.1, 0.15) is 31.5 Å². The molecule has 0 spiro atoms. The van der Waals surface area contributed by atoms with E-state index in [-0.39, 0.29) is 0 Å². The fourth-order valence-corrected chi connectivity index (χ4v) is 3.00. The first-order valence-corrected chi connectivity index (χ1v) is 7.72. The number of imidazole rings is 1. The van der Waals surface area contributed by atoms with E-state index >= 15 is 0 Å². The fraction of sp³-hybridized carbons (Fsp3) is 0.786. The van der Waals surface area contributed by atoms with Gasteiger partial charge in [0.2, 0.25) is 0 Å². The van der Waals surface area contributed by atoms with Gasteiger partial charge in [-0.15, -0.1) is 0 Å². The van der Waals surface area contributed by atoms with Gasteiger partial charge in [0.05, 0.1) is 12.7 Å². The van der Waals surface area contributed by atoms with E-state index in [2.05, 4.69) is 15.2 Å². The summed E-state index contributed by atoms with van der Waals surface area (Å²) in [6.45, 7) is 4.47. The highest BCUT2D eigenvalue weighted by Gasteiger charge is 2.25. The Morgan fingerprint density at radius 1 is 1.42 bits per heavy atom. The highest BCUT2D eigenvalue weighted by atomic mass is 35.5. The molecule has 0 radical (unpaired) electrons. The van der Waals surface area contributed by atoms with Crippen LogP contribution in [0.5, 0.6) is 0 Å². The molecule has 1 saturated heterocycles. The van der Waals surface area contributed by atoms with Crippen molar-refractivity contribution >= 4 is 11.6 Å². The largest absolute Gasteiger partial charge is 0.321 e. The average molecular weight is 283 g/mol. The van der Waals surface area contributed by atoms with Gasteiger partial charge >= 0.3 is 0 Å². The highest BCUT2D eigenvalue weighted by Crippen LogP contribution is 2.22. The predicted octanol–water partition coefficient (Wildman–Crippen LogP) is 2.04. The summed E-state index contributed by atoms with van der Waals surface area (Å²) in [5.41, 5.74) is 0. The third-order valence-corrected chi connectivity index (χ3v) is 4.62. The lowest BCUT2D eigenvalue weighted by Gasteiger charge is -2.32. The second-order valence-electron chi connectivity index (χ2n) is 5.98. The molecule has 1 aromatic rings. The van der Waals surface area contributed by atoms with Gasteiger partial charge in [0, 0.05) is 19.6 Å². The van der Waals surface area contributed by atoms with E-state index in [0.29, 0.717) is 0 Å².